The predicted octanol–water partition coefficient (Wildman–Crippen LogP) is 11.9. The number of rotatable bonds is 20. The average Bonchev–Trinajstić information content (AvgIpc) is 1.62. The number of aromatic nitrogens is 12. The van der Waals surface area contributed by atoms with Crippen molar-refractivity contribution in [2.45, 2.75) is 141 Å². The molecule has 6 aromatic heterocycles. The maximum Gasteiger partial charge on any atom is 0.335 e. The van der Waals surface area contributed by atoms with Crippen molar-refractivity contribution in [3.8, 4) is 68.3 Å². The Bertz CT molecular complexity index is 5770. The van der Waals surface area contributed by atoms with Crippen LogP contribution in [-0.2, 0) is 31.0 Å². The van der Waals surface area contributed by atoms with Crippen LogP contribution in [0.4, 0.5) is 17.5 Å². The van der Waals surface area contributed by atoms with Crippen molar-refractivity contribution in [3.63, 3.8) is 0 Å². The van der Waals surface area contributed by atoms with Crippen LogP contribution in [0.2, 0.25) is 0 Å². The number of ether oxygens (including phenoxy) is 3. The third-order valence-electron chi connectivity index (χ3n) is 24.5. The zero-order chi connectivity index (χ0) is 93.9. The lowest BCUT2D eigenvalue weighted by Gasteiger charge is -2.41. The van der Waals surface area contributed by atoms with Crippen molar-refractivity contribution < 1.29 is 67.0 Å². The van der Waals surface area contributed by atoms with Crippen LogP contribution in [0.1, 0.15) is 142 Å². The number of carboxylic acid groups (broad SMARTS) is 4. The number of aromatic carboxylic acids is 1. The molecule has 18 rings (SSSR count). The zero-order valence-electron chi connectivity index (χ0n) is 75.4. The molecule has 3 aliphatic heterocycles. The fraction of sp³-hybridized carbons (Fsp3) is 0.404. The molecule has 3 saturated heterocycles. The molecule has 0 atom stereocenters. The molecular weight excluding hydrogens is 1710 g/mol. The zero-order valence-corrected chi connectivity index (χ0v) is 76.2. The fourth-order valence-corrected chi connectivity index (χ4v) is 18.1. The molecule has 3 aliphatic carbocycles. The quantitative estimate of drug-likeness (QED) is 0.0342. The Hall–Kier alpha value is -13.2. The van der Waals surface area contributed by atoms with Gasteiger partial charge >= 0.3 is 5.97 Å². The van der Waals surface area contributed by atoms with Gasteiger partial charge in [0.15, 0.2) is 16.9 Å². The number of nitrogen functional groups attached to an aromatic ring is 3. The van der Waals surface area contributed by atoms with Crippen molar-refractivity contribution in [3.05, 3.63) is 181 Å². The Morgan fingerprint density at radius 2 is 0.644 bits per heavy atom. The van der Waals surface area contributed by atoms with Gasteiger partial charge in [-0.3, -0.25) is 33.9 Å². The number of anilines is 3. The van der Waals surface area contributed by atoms with Crippen LogP contribution in [0.15, 0.2) is 165 Å². The van der Waals surface area contributed by atoms with Gasteiger partial charge in [0.05, 0.1) is 46.1 Å². The number of primary amides is 1. The molecule has 1 amide bonds. The number of benzene rings is 6. The molecule has 9 heterocycles. The Balaban J connectivity index is 0.000000158. The monoisotopic (exact) mass is 1820 g/mol. The van der Waals surface area contributed by atoms with Crippen LogP contribution in [0.25, 0.3) is 66.9 Å². The number of amides is 1. The maximum absolute atomic E-state index is 11.5. The van der Waals surface area contributed by atoms with Gasteiger partial charge in [0, 0.05) is 146 Å². The minimum absolute atomic E-state index is 0.175. The minimum Gasteiger partial charge on any atom is -0.481 e. The van der Waals surface area contributed by atoms with Crippen LogP contribution in [0.5, 0.6) is 34.5 Å². The average molecular weight is 1830 g/mol. The van der Waals surface area contributed by atoms with E-state index in [2.05, 4.69) is 99.2 Å². The normalized spacial score (nSPS) is 19.4. The largest absolute Gasteiger partial charge is 0.481 e. The topological polar surface area (TPSA) is 494 Å². The van der Waals surface area contributed by atoms with E-state index >= 15 is 0 Å². The van der Waals surface area contributed by atoms with E-state index in [4.69, 9.17) is 82.1 Å². The number of carbonyl (C=O) groups is 5. The molecule has 6 fully saturated rings. The molecule has 0 spiro atoms. The van der Waals surface area contributed by atoms with Crippen LogP contribution in [-0.4, -0.2) is 271 Å². The number of likely N-dealkylation sites (N-methyl/N-ethyl adjacent to an activating group) is 3. The number of carboxylic acids is 4. The number of nitrogens with one attached hydrogen (secondary N) is 1. The van der Waals surface area contributed by atoms with Gasteiger partial charge in [0.1, 0.15) is 88.0 Å². The van der Waals surface area contributed by atoms with E-state index in [0.717, 1.165) is 255 Å². The van der Waals surface area contributed by atoms with Crippen LogP contribution in [0.3, 0.4) is 0 Å². The third-order valence-corrected chi connectivity index (χ3v) is 25.2. The second-order valence-electron chi connectivity index (χ2n) is 34.1. The van der Waals surface area contributed by atoms with E-state index < -0.39 is 39.8 Å². The lowest BCUT2D eigenvalue weighted by Crippen LogP contribution is -2.49. The van der Waals surface area contributed by atoms with Crippen molar-refractivity contribution in [1.29, 1.82) is 0 Å². The molecule has 132 heavy (non-hydrogen) atoms. The third kappa shape index (κ3) is 25.7. The lowest BCUT2D eigenvalue weighted by atomic mass is 9.90. The van der Waals surface area contributed by atoms with Gasteiger partial charge in [-0.1, -0.05) is 24.3 Å². The number of hydrogen-bond acceptors (Lipinski definition) is 28. The smallest absolute Gasteiger partial charge is 0.335 e. The first-order valence-electron chi connectivity index (χ1n) is 44.3. The number of piperazine rings is 3. The summed E-state index contributed by atoms with van der Waals surface area (Å²) in [6, 6.07) is 46.2. The van der Waals surface area contributed by atoms with E-state index in [-0.39, 0.29) is 30.2 Å². The molecular formula is C94H117N23O14S. The highest BCUT2D eigenvalue weighted by atomic mass is 32.2. The SMILES string of the molecule is CC(=O)O.CC(=O)O.CC(=O)O.CN1CCN([C@H]2CC[C@@H](n3nc(-c4ccc(Oc5ccc(CNS(C)(=O)=O)cc5)cc4)c4c(N)ncnc43)CC2)CC1.CN1CCN([C@H]2CC[C@@H](n3nc(-c4ccc(Oc5cccc(C(=O)O)c5)cc4)c4c(N)ncnc43)CC2)CC1.CN1CCN([C@H]2CC[C@@H](n3nc(-c4ccc(Oc5cccc(C(N)=O)c5)cc4)c4c(N)ncnc43)CC2)CC1. The van der Waals surface area contributed by atoms with Crippen molar-refractivity contribution in [2.24, 2.45) is 5.73 Å². The Labute approximate surface area is 765 Å². The summed E-state index contributed by atoms with van der Waals surface area (Å²) in [5, 5.41) is 49.0. The highest BCUT2D eigenvalue weighted by molar-refractivity contribution is 7.88. The summed E-state index contributed by atoms with van der Waals surface area (Å²) in [6.45, 7) is 17.2. The number of sulfonamides is 1. The second kappa shape index (κ2) is 44.6. The molecule has 698 valence electrons. The van der Waals surface area contributed by atoms with Crippen molar-refractivity contribution in [2.75, 3.05) is 123 Å². The van der Waals surface area contributed by atoms with Gasteiger partial charge in [-0.25, -0.2) is 61.9 Å². The highest BCUT2D eigenvalue weighted by Crippen LogP contribution is 2.43. The molecule has 37 nitrogen and oxygen atoms in total. The molecule has 0 bridgehead atoms. The molecule has 0 unspecified atom stereocenters. The van der Waals surface area contributed by atoms with Crippen molar-refractivity contribution in [1.82, 2.24) is 93.4 Å². The number of carbonyl (C=O) groups excluding carboxylic acids is 1. The predicted molar refractivity (Wildman–Crippen MR) is 503 cm³/mol. The molecule has 12 aromatic rings. The van der Waals surface area contributed by atoms with Crippen molar-refractivity contribution >= 4 is 90.4 Å². The summed E-state index contributed by atoms with van der Waals surface area (Å²) in [5.74, 6) is 0.846. The summed E-state index contributed by atoms with van der Waals surface area (Å²) < 4.78 is 49.2. The number of aliphatic carboxylic acids is 3. The van der Waals surface area contributed by atoms with Crippen LogP contribution >= 0.6 is 0 Å². The van der Waals surface area contributed by atoms with Crippen LogP contribution in [0, 0.1) is 0 Å². The van der Waals surface area contributed by atoms with E-state index in [9.17, 15) is 23.1 Å². The Morgan fingerprint density at radius 1 is 0.379 bits per heavy atom. The second-order valence-corrected chi connectivity index (χ2v) is 35.9. The number of fused-ring (bicyclic) bond motifs is 3. The molecule has 6 aromatic carbocycles. The highest BCUT2D eigenvalue weighted by Gasteiger charge is 2.35. The van der Waals surface area contributed by atoms with E-state index in [1.165, 1.54) is 31.1 Å². The number of nitrogens with two attached hydrogens (primary N) is 4. The fourth-order valence-electron chi connectivity index (χ4n) is 17.7. The van der Waals surface area contributed by atoms with E-state index in [0.29, 0.717) is 75.6 Å². The van der Waals surface area contributed by atoms with Crippen LogP contribution < -0.4 is 41.9 Å². The maximum atomic E-state index is 11.5. The van der Waals surface area contributed by atoms with Gasteiger partial charge < -0.3 is 72.3 Å². The number of hydrogen-bond donors (Lipinski definition) is 9. The molecule has 0 radical (unpaired) electrons. The summed E-state index contributed by atoms with van der Waals surface area (Å²) in [7, 11) is 3.36. The first-order valence-corrected chi connectivity index (χ1v) is 46.2. The first kappa shape index (κ1) is 96.3. The summed E-state index contributed by atoms with van der Waals surface area (Å²) in [5.41, 5.74) is 33.2. The molecule has 6 aliphatic rings. The Kier molecular flexibility index (Phi) is 32.6. The summed E-state index contributed by atoms with van der Waals surface area (Å²) in [4.78, 5) is 91.6. The van der Waals surface area contributed by atoms with Gasteiger partial charge in [0.25, 0.3) is 17.9 Å². The lowest BCUT2D eigenvalue weighted by molar-refractivity contribution is -0.135. The van der Waals surface area contributed by atoms with Gasteiger partial charge in [-0.15, -0.1) is 0 Å². The summed E-state index contributed by atoms with van der Waals surface area (Å²) in [6.07, 6.45) is 19.0. The van der Waals surface area contributed by atoms with Gasteiger partial charge in [0.2, 0.25) is 15.9 Å². The minimum atomic E-state index is -3.24. The van der Waals surface area contributed by atoms with E-state index in [1.54, 1.807) is 36.4 Å². The molecule has 13 N–H and O–H groups in total. The van der Waals surface area contributed by atoms with Gasteiger partial charge in [-0.05, 0) is 225 Å². The van der Waals surface area contributed by atoms with Gasteiger partial charge in [-0.2, -0.15) is 15.3 Å². The standard InChI is InChI=1S/C30H38N8O3S.C29H34N8O2.C29H33N7O3.3C2H4O2/c1-36-15-17-37(18-16-36)23-7-9-24(10-8-23)38-30-27(29(31)32-20-33-30)28(35-38)22-5-13-26(14-6-22)41-25-11-3-21(4-12-25)19-34-42(2,39)40;1-35-13-15-36(16-14-35)21-7-9-22(10-8-21)37-29-25(27(30)32-18-33-29)26(34-37)19-5-11-23(12-6-19)39-24-4-2-3-20(17-24)28(31)38;1-34-13-15-35(16-14-34)21-7-9-22(10-8-21)36-28-25(27(30)31-18-32-28)26(33-36)19-5-11-23(12-6-19)39-24-4-2-3-20(17-24)29(37)38;3*1-2(3)4/h3-6,11-14,20,23-24,34H,7-10,15-19H2,1-2H3,(H2,31,32,33);2-6,11-12,17-18,21-22H,7-10,13-16H2,1H3,(H2,31,38)(H2,30,32,33);2-6,11-12,17-18,21-22H,7-10,13-16H2,1H3,(H,37,38)(H2,30,31,32);3*1H3,(H,3,4)/t23-,24+;2*21-,22+;;;. The van der Waals surface area contributed by atoms with E-state index in [1.807, 2.05) is 97.1 Å². The Morgan fingerprint density at radius 3 is 0.924 bits per heavy atom. The molecule has 3 saturated carbocycles. The molecule has 38 heteroatoms. The number of nitrogens with zero attached hydrogens (tertiary/aromatic N) is 18. The first-order chi connectivity index (χ1) is 63.3. The summed E-state index contributed by atoms with van der Waals surface area (Å²) >= 11 is 0.